The molecule has 3 rings (SSSR count). The van der Waals surface area contributed by atoms with Crippen LogP contribution in [0.2, 0.25) is 10.0 Å². The van der Waals surface area contributed by atoms with E-state index in [2.05, 4.69) is 5.32 Å². The molecular weight excluding hydrogens is 353 g/mol. The highest BCUT2D eigenvalue weighted by Crippen LogP contribution is 2.39. The third-order valence-corrected chi connectivity index (χ3v) is 6.25. The number of hydrogen-bond acceptors (Lipinski definition) is 2. The molecule has 3 nitrogen and oxygen atoms in total. The van der Waals surface area contributed by atoms with E-state index in [9.17, 15) is 9.00 Å². The summed E-state index contributed by atoms with van der Waals surface area (Å²) in [5, 5.41) is 3.74. The van der Waals surface area contributed by atoms with Gasteiger partial charge in [-0.25, -0.2) is 0 Å². The van der Waals surface area contributed by atoms with Gasteiger partial charge in [-0.3, -0.25) is 9.00 Å². The summed E-state index contributed by atoms with van der Waals surface area (Å²) >= 11 is 12.2. The maximum Gasteiger partial charge on any atom is 0.237 e. The Balaban J connectivity index is 1.68. The zero-order valence-electron chi connectivity index (χ0n) is 12.2. The number of para-hydroxylation sites is 1. The Bertz CT molecular complexity index is 779. The molecule has 2 aromatic carbocycles. The Hall–Kier alpha value is -1.36. The van der Waals surface area contributed by atoms with Crippen molar-refractivity contribution >= 4 is 45.6 Å². The molecule has 0 fully saturated rings. The van der Waals surface area contributed by atoms with Crippen LogP contribution in [0.5, 0.6) is 0 Å². The molecule has 23 heavy (non-hydrogen) atoms. The highest BCUT2D eigenvalue weighted by atomic mass is 35.5. The summed E-state index contributed by atoms with van der Waals surface area (Å²) in [6.07, 6.45) is 1.56. The van der Waals surface area contributed by atoms with Crippen LogP contribution >= 0.6 is 23.2 Å². The van der Waals surface area contributed by atoms with Crippen molar-refractivity contribution in [1.82, 2.24) is 0 Å². The first-order chi connectivity index (χ1) is 11.1. The second-order valence-electron chi connectivity index (χ2n) is 5.39. The third kappa shape index (κ3) is 3.60. The minimum Gasteiger partial charge on any atom is -0.324 e. The van der Waals surface area contributed by atoms with Gasteiger partial charge in [0.1, 0.15) is 5.75 Å². The predicted octanol–water partition coefficient (Wildman–Crippen LogP) is 4.37. The number of anilines is 1. The number of benzene rings is 2. The summed E-state index contributed by atoms with van der Waals surface area (Å²) in [7, 11) is -1.29. The fourth-order valence-electron chi connectivity index (χ4n) is 2.82. The van der Waals surface area contributed by atoms with Crippen LogP contribution in [0.1, 0.15) is 22.8 Å². The summed E-state index contributed by atoms with van der Waals surface area (Å²) in [5.74, 6) is -0.353. The van der Waals surface area contributed by atoms with Gasteiger partial charge in [0, 0.05) is 15.8 Å². The van der Waals surface area contributed by atoms with Gasteiger partial charge in [0.05, 0.1) is 16.0 Å². The van der Waals surface area contributed by atoms with Gasteiger partial charge in [-0.05, 0) is 42.2 Å². The molecule has 0 spiro atoms. The molecule has 0 aromatic heterocycles. The van der Waals surface area contributed by atoms with E-state index >= 15 is 0 Å². The van der Waals surface area contributed by atoms with Crippen molar-refractivity contribution < 1.29 is 9.00 Å². The molecule has 2 unspecified atom stereocenters. The molecule has 0 saturated heterocycles. The lowest BCUT2D eigenvalue weighted by Gasteiger charge is -2.12. The lowest BCUT2D eigenvalue weighted by Crippen LogP contribution is -2.22. The van der Waals surface area contributed by atoms with Gasteiger partial charge in [-0.2, -0.15) is 0 Å². The number of amides is 1. The lowest BCUT2D eigenvalue weighted by atomic mass is 10.1. The number of fused-ring (bicyclic) bond motifs is 1. The Morgan fingerprint density at radius 3 is 2.65 bits per heavy atom. The van der Waals surface area contributed by atoms with Crippen LogP contribution in [0, 0.1) is 0 Å². The summed E-state index contributed by atoms with van der Waals surface area (Å²) in [5.41, 5.74) is 2.59. The van der Waals surface area contributed by atoms with Crippen molar-refractivity contribution in [1.29, 1.82) is 0 Å². The first-order valence-electron chi connectivity index (χ1n) is 7.25. The summed E-state index contributed by atoms with van der Waals surface area (Å²) in [6.45, 7) is 0. The SMILES string of the molecule is O=C(CS(=O)C1CCc2c(Cl)cccc21)Nc1ccccc1Cl. The monoisotopic (exact) mass is 367 g/mol. The third-order valence-electron chi connectivity index (χ3n) is 3.90. The van der Waals surface area contributed by atoms with Crippen molar-refractivity contribution in [3.63, 3.8) is 0 Å². The first-order valence-corrected chi connectivity index (χ1v) is 9.39. The summed E-state index contributed by atoms with van der Waals surface area (Å²) in [4.78, 5) is 12.1. The number of carbonyl (C=O) groups excluding carboxylic acids is 1. The molecule has 0 aliphatic heterocycles. The minimum atomic E-state index is -1.29. The quantitative estimate of drug-likeness (QED) is 0.871. The van der Waals surface area contributed by atoms with Crippen LogP contribution in [-0.4, -0.2) is 15.9 Å². The fourth-order valence-corrected chi connectivity index (χ4v) is 4.70. The smallest absolute Gasteiger partial charge is 0.237 e. The number of carbonyl (C=O) groups is 1. The zero-order valence-corrected chi connectivity index (χ0v) is 14.5. The topological polar surface area (TPSA) is 46.2 Å². The summed E-state index contributed by atoms with van der Waals surface area (Å²) in [6, 6.07) is 12.6. The molecule has 0 bridgehead atoms. The molecular formula is C17H15Cl2NO2S. The second kappa shape index (κ2) is 7.04. The molecule has 1 aliphatic carbocycles. The summed E-state index contributed by atoms with van der Waals surface area (Å²) < 4.78 is 12.6. The predicted molar refractivity (Wildman–Crippen MR) is 95.6 cm³/mol. The molecule has 1 N–H and O–H groups in total. The maximum atomic E-state index is 12.6. The van der Waals surface area contributed by atoms with E-state index in [0.717, 1.165) is 24.0 Å². The lowest BCUT2D eigenvalue weighted by molar-refractivity contribution is -0.113. The van der Waals surface area contributed by atoms with Gasteiger partial charge in [0.2, 0.25) is 5.91 Å². The van der Waals surface area contributed by atoms with E-state index in [0.29, 0.717) is 15.7 Å². The van der Waals surface area contributed by atoms with E-state index < -0.39 is 10.8 Å². The largest absolute Gasteiger partial charge is 0.324 e. The molecule has 0 saturated carbocycles. The zero-order chi connectivity index (χ0) is 16.4. The van der Waals surface area contributed by atoms with Crippen LogP contribution in [0.4, 0.5) is 5.69 Å². The number of hydrogen-bond donors (Lipinski definition) is 1. The normalized spacial score (nSPS) is 17.6. The van der Waals surface area contributed by atoms with Gasteiger partial charge in [0.15, 0.2) is 0 Å². The molecule has 6 heteroatoms. The average Bonchev–Trinajstić information content (AvgIpc) is 2.95. The van der Waals surface area contributed by atoms with Crippen molar-refractivity contribution in [3.05, 3.63) is 63.6 Å². The van der Waals surface area contributed by atoms with Crippen LogP contribution in [0.15, 0.2) is 42.5 Å². The van der Waals surface area contributed by atoms with Crippen LogP contribution < -0.4 is 5.32 Å². The van der Waals surface area contributed by atoms with E-state index in [1.165, 1.54) is 0 Å². The van der Waals surface area contributed by atoms with E-state index in [1.807, 2.05) is 18.2 Å². The Kier molecular flexibility index (Phi) is 5.05. The highest BCUT2D eigenvalue weighted by Gasteiger charge is 2.29. The van der Waals surface area contributed by atoms with Crippen LogP contribution in [-0.2, 0) is 22.0 Å². The van der Waals surface area contributed by atoms with Gasteiger partial charge >= 0.3 is 0 Å². The Labute approximate surface area is 147 Å². The van der Waals surface area contributed by atoms with Gasteiger partial charge in [-0.15, -0.1) is 0 Å². The van der Waals surface area contributed by atoms with E-state index in [1.54, 1.807) is 24.3 Å². The molecule has 1 amide bonds. The van der Waals surface area contributed by atoms with Gasteiger partial charge in [0.25, 0.3) is 0 Å². The molecule has 0 radical (unpaired) electrons. The molecule has 0 heterocycles. The van der Waals surface area contributed by atoms with Crippen LogP contribution in [0.3, 0.4) is 0 Å². The van der Waals surface area contributed by atoms with Gasteiger partial charge < -0.3 is 5.32 Å². The molecule has 2 aromatic rings. The van der Waals surface area contributed by atoms with Crippen molar-refractivity contribution in [3.8, 4) is 0 Å². The van der Waals surface area contributed by atoms with Crippen molar-refractivity contribution in [2.75, 3.05) is 11.1 Å². The number of rotatable bonds is 4. The van der Waals surface area contributed by atoms with Crippen LogP contribution in [0.25, 0.3) is 0 Å². The standard InChI is InChI=1S/C17H15Cl2NO2S/c18-13-6-3-4-12-11(13)8-9-16(12)23(22)10-17(21)20-15-7-2-1-5-14(15)19/h1-7,16H,8-10H2,(H,20,21). The van der Waals surface area contributed by atoms with E-state index in [4.69, 9.17) is 23.2 Å². The molecule has 120 valence electrons. The first kappa shape index (κ1) is 16.5. The number of halogens is 2. The highest BCUT2D eigenvalue weighted by molar-refractivity contribution is 7.86. The van der Waals surface area contributed by atoms with Gasteiger partial charge in [-0.1, -0.05) is 47.5 Å². The average molecular weight is 368 g/mol. The Morgan fingerprint density at radius 2 is 1.87 bits per heavy atom. The maximum absolute atomic E-state index is 12.6. The fraction of sp³-hybridized carbons (Fsp3) is 0.235. The molecule has 2 atom stereocenters. The second-order valence-corrected chi connectivity index (χ2v) is 7.82. The molecule has 1 aliphatic rings. The Morgan fingerprint density at radius 1 is 1.13 bits per heavy atom. The van der Waals surface area contributed by atoms with Crippen molar-refractivity contribution in [2.24, 2.45) is 0 Å². The van der Waals surface area contributed by atoms with E-state index in [-0.39, 0.29) is 16.9 Å². The number of nitrogens with one attached hydrogen (secondary N) is 1. The van der Waals surface area contributed by atoms with Crippen molar-refractivity contribution in [2.45, 2.75) is 18.1 Å². The minimum absolute atomic E-state index is 0.0537.